The molecule has 132 valence electrons. The van der Waals surface area contributed by atoms with Crippen LogP contribution in [0.4, 0.5) is 5.69 Å². The maximum Gasteiger partial charge on any atom is 0.285 e. The van der Waals surface area contributed by atoms with Crippen LogP contribution in [-0.4, -0.2) is 44.4 Å². The predicted octanol–water partition coefficient (Wildman–Crippen LogP) is 1.62. The number of rotatable bonds is 6. The quantitative estimate of drug-likeness (QED) is 0.822. The number of carbonyl (C=O) groups is 2. The minimum Gasteiger partial charge on any atom is -0.343 e. The van der Waals surface area contributed by atoms with Gasteiger partial charge in [-0.1, -0.05) is 41.9 Å². The van der Waals surface area contributed by atoms with Crippen molar-refractivity contribution in [1.29, 1.82) is 0 Å². The number of anilines is 1. The van der Waals surface area contributed by atoms with Crippen LogP contribution in [-0.2, 0) is 9.59 Å². The number of likely N-dealkylation sites (N-methyl/N-ethyl adjacent to an activating group) is 2. The summed E-state index contributed by atoms with van der Waals surface area (Å²) in [6.07, 6.45) is 0. The first-order chi connectivity index (χ1) is 11.9. The summed E-state index contributed by atoms with van der Waals surface area (Å²) in [6, 6.07) is 16.0. The summed E-state index contributed by atoms with van der Waals surface area (Å²) < 4.78 is 0. The molecule has 0 saturated carbocycles. The van der Waals surface area contributed by atoms with Crippen LogP contribution in [0.15, 0.2) is 54.6 Å². The van der Waals surface area contributed by atoms with Gasteiger partial charge in [-0.15, -0.1) is 0 Å². The lowest BCUT2D eigenvalue weighted by atomic mass is 10.0. The van der Waals surface area contributed by atoms with Crippen molar-refractivity contribution >= 4 is 29.1 Å². The second kappa shape index (κ2) is 8.65. The Bertz CT molecular complexity index is 717. The third-order valence-corrected chi connectivity index (χ3v) is 4.13. The first-order valence-corrected chi connectivity index (χ1v) is 8.40. The van der Waals surface area contributed by atoms with Gasteiger partial charge >= 0.3 is 0 Å². The lowest BCUT2D eigenvalue weighted by Crippen LogP contribution is -3.11. The maximum atomic E-state index is 12.6. The minimum absolute atomic E-state index is 0.0389. The number of nitrogens with zero attached hydrogens (tertiary/aromatic N) is 1. The van der Waals surface area contributed by atoms with E-state index in [4.69, 9.17) is 11.6 Å². The van der Waals surface area contributed by atoms with Gasteiger partial charge in [-0.2, -0.15) is 0 Å². The van der Waals surface area contributed by atoms with Gasteiger partial charge in [0.2, 0.25) is 0 Å². The highest BCUT2D eigenvalue weighted by molar-refractivity contribution is 6.30. The molecule has 2 atom stereocenters. The van der Waals surface area contributed by atoms with E-state index in [0.29, 0.717) is 10.7 Å². The van der Waals surface area contributed by atoms with Gasteiger partial charge < -0.3 is 15.1 Å². The Morgan fingerprint density at radius 2 is 1.68 bits per heavy atom. The Balaban J connectivity index is 2.10. The maximum absolute atomic E-state index is 12.6. The molecule has 0 aliphatic carbocycles. The van der Waals surface area contributed by atoms with Crippen molar-refractivity contribution in [1.82, 2.24) is 4.90 Å². The topological polar surface area (TPSA) is 53.9 Å². The highest BCUT2D eigenvalue weighted by Crippen LogP contribution is 2.13. The fourth-order valence-electron chi connectivity index (χ4n) is 2.64. The molecule has 0 saturated heterocycles. The van der Waals surface area contributed by atoms with Crippen LogP contribution in [0, 0.1) is 0 Å². The fraction of sp³-hybridized carbons (Fsp3) is 0.263. The van der Waals surface area contributed by atoms with E-state index in [1.54, 1.807) is 43.3 Å². The van der Waals surface area contributed by atoms with E-state index in [1.165, 1.54) is 0 Å². The number of amides is 2. The zero-order chi connectivity index (χ0) is 18.4. The summed E-state index contributed by atoms with van der Waals surface area (Å²) in [6.45, 7) is 0.168. The zero-order valence-electron chi connectivity index (χ0n) is 14.6. The van der Waals surface area contributed by atoms with Crippen LogP contribution >= 0.6 is 11.6 Å². The molecule has 25 heavy (non-hydrogen) atoms. The van der Waals surface area contributed by atoms with Gasteiger partial charge in [0.1, 0.15) is 0 Å². The molecule has 2 aromatic rings. The van der Waals surface area contributed by atoms with E-state index in [2.05, 4.69) is 5.32 Å². The Labute approximate surface area is 153 Å². The largest absolute Gasteiger partial charge is 0.343 e. The van der Waals surface area contributed by atoms with Crippen molar-refractivity contribution in [3.8, 4) is 0 Å². The standard InChI is InChI=1S/C19H22ClN3O2/c1-22(2)19(25)18(14-7-5-4-6-8-14)23(3)13-17(24)21-16-11-9-15(20)10-12-16/h4-12,18H,13H2,1-3H3,(H,21,24)/p+1/t18-/m0/s1. The normalized spacial score (nSPS) is 13.0. The summed E-state index contributed by atoms with van der Waals surface area (Å²) in [5.74, 6) is -0.199. The molecule has 0 aromatic heterocycles. The molecule has 0 heterocycles. The van der Waals surface area contributed by atoms with Gasteiger partial charge in [-0.3, -0.25) is 9.59 Å². The summed E-state index contributed by atoms with van der Waals surface area (Å²) in [5, 5.41) is 3.44. The van der Waals surface area contributed by atoms with Crippen LogP contribution in [0.25, 0.3) is 0 Å². The molecule has 2 aromatic carbocycles. The zero-order valence-corrected chi connectivity index (χ0v) is 15.4. The van der Waals surface area contributed by atoms with Gasteiger partial charge in [0.15, 0.2) is 12.6 Å². The number of quaternary nitrogens is 1. The van der Waals surface area contributed by atoms with Crippen molar-refractivity contribution in [2.75, 3.05) is 33.0 Å². The van der Waals surface area contributed by atoms with E-state index < -0.39 is 6.04 Å². The Morgan fingerprint density at radius 3 is 2.24 bits per heavy atom. The second-order valence-electron chi connectivity index (χ2n) is 6.15. The molecule has 5 nitrogen and oxygen atoms in total. The van der Waals surface area contributed by atoms with Crippen LogP contribution in [0.5, 0.6) is 0 Å². The third kappa shape index (κ3) is 5.31. The molecule has 0 fully saturated rings. The molecule has 0 aliphatic rings. The van der Waals surface area contributed by atoms with Gasteiger partial charge in [0.05, 0.1) is 7.05 Å². The highest BCUT2D eigenvalue weighted by atomic mass is 35.5. The van der Waals surface area contributed by atoms with E-state index in [9.17, 15) is 9.59 Å². The first kappa shape index (κ1) is 19.0. The number of hydrogen-bond acceptors (Lipinski definition) is 2. The van der Waals surface area contributed by atoms with Crippen LogP contribution in [0.3, 0.4) is 0 Å². The molecule has 0 bridgehead atoms. The van der Waals surface area contributed by atoms with Crippen molar-refractivity contribution < 1.29 is 14.5 Å². The second-order valence-corrected chi connectivity index (χ2v) is 6.59. The lowest BCUT2D eigenvalue weighted by molar-refractivity contribution is -0.894. The smallest absolute Gasteiger partial charge is 0.285 e. The number of halogens is 1. The fourth-order valence-corrected chi connectivity index (χ4v) is 2.76. The number of carbonyl (C=O) groups excluding carboxylic acids is 2. The molecule has 0 aliphatic heterocycles. The van der Waals surface area contributed by atoms with Gasteiger partial charge in [-0.05, 0) is 24.3 Å². The van der Waals surface area contributed by atoms with E-state index in [-0.39, 0.29) is 18.4 Å². The Hall–Kier alpha value is -2.37. The van der Waals surface area contributed by atoms with Crippen LogP contribution in [0.2, 0.25) is 5.02 Å². The predicted molar refractivity (Wildman–Crippen MR) is 99.7 cm³/mol. The number of hydrogen-bond donors (Lipinski definition) is 2. The monoisotopic (exact) mass is 360 g/mol. The molecule has 1 unspecified atom stereocenters. The van der Waals surface area contributed by atoms with Crippen LogP contribution in [0.1, 0.15) is 11.6 Å². The van der Waals surface area contributed by atoms with Crippen molar-refractivity contribution in [2.45, 2.75) is 6.04 Å². The SMILES string of the molecule is CN(C)C(=O)[C@H](c1ccccc1)[NH+](C)CC(=O)Nc1ccc(Cl)cc1. The molecule has 2 amide bonds. The molecule has 0 radical (unpaired) electrons. The van der Waals surface area contributed by atoms with Gasteiger partial charge in [0.25, 0.3) is 11.8 Å². The minimum atomic E-state index is -0.438. The Kier molecular flexibility index (Phi) is 6.56. The average Bonchev–Trinajstić information content (AvgIpc) is 2.58. The van der Waals surface area contributed by atoms with E-state index in [0.717, 1.165) is 10.5 Å². The number of nitrogens with one attached hydrogen (secondary N) is 2. The van der Waals surface area contributed by atoms with Crippen molar-refractivity contribution in [3.05, 3.63) is 65.2 Å². The molecule has 6 heteroatoms. The molecular formula is C19H23ClN3O2+. The summed E-state index contributed by atoms with van der Waals surface area (Å²) >= 11 is 5.85. The lowest BCUT2D eigenvalue weighted by Gasteiger charge is -2.26. The van der Waals surface area contributed by atoms with Crippen molar-refractivity contribution in [2.24, 2.45) is 0 Å². The van der Waals surface area contributed by atoms with Gasteiger partial charge in [-0.25, -0.2) is 0 Å². The molecular weight excluding hydrogens is 338 g/mol. The molecule has 0 spiro atoms. The average molecular weight is 361 g/mol. The van der Waals surface area contributed by atoms with Gasteiger partial charge in [0, 0.05) is 30.4 Å². The molecule has 2 N–H and O–H groups in total. The summed E-state index contributed by atoms with van der Waals surface area (Å²) in [4.78, 5) is 27.3. The molecule has 2 rings (SSSR count). The Morgan fingerprint density at radius 1 is 1.08 bits per heavy atom. The summed E-state index contributed by atoms with van der Waals surface area (Å²) in [7, 11) is 5.29. The van der Waals surface area contributed by atoms with Crippen molar-refractivity contribution in [3.63, 3.8) is 0 Å². The highest BCUT2D eigenvalue weighted by Gasteiger charge is 2.31. The number of benzene rings is 2. The third-order valence-electron chi connectivity index (χ3n) is 3.88. The van der Waals surface area contributed by atoms with E-state index in [1.807, 2.05) is 37.4 Å². The summed E-state index contributed by atoms with van der Waals surface area (Å²) in [5.41, 5.74) is 1.57. The first-order valence-electron chi connectivity index (χ1n) is 8.02. The van der Waals surface area contributed by atoms with E-state index >= 15 is 0 Å². The van der Waals surface area contributed by atoms with Crippen LogP contribution < -0.4 is 10.2 Å².